The first-order chi connectivity index (χ1) is 11.9. The Kier molecular flexibility index (Phi) is 5.56. The minimum Gasteiger partial charge on any atom is -0.339 e. The van der Waals surface area contributed by atoms with Gasteiger partial charge in [-0.3, -0.25) is 14.5 Å². The maximum Gasteiger partial charge on any atom is 0.266 e. The van der Waals surface area contributed by atoms with Gasteiger partial charge in [-0.1, -0.05) is 53.8 Å². The third-order valence-corrected chi connectivity index (χ3v) is 5.78. The van der Waals surface area contributed by atoms with Crippen LogP contribution in [0.1, 0.15) is 11.1 Å². The number of rotatable bonds is 3. The highest BCUT2D eigenvalue weighted by molar-refractivity contribution is 8.26. The van der Waals surface area contributed by atoms with Crippen molar-refractivity contribution in [2.45, 2.75) is 6.92 Å². The molecule has 5 nitrogen and oxygen atoms in total. The average molecular weight is 376 g/mol. The zero-order valence-electron chi connectivity index (χ0n) is 14.4. The van der Waals surface area contributed by atoms with Crippen molar-refractivity contribution in [3.05, 3.63) is 40.3 Å². The number of carbonyl (C=O) groups excluding carboxylic acids is 2. The molecule has 0 radical (unpaired) electrons. The summed E-state index contributed by atoms with van der Waals surface area (Å²) in [6.45, 7) is 5.16. The Bertz CT molecular complexity index is 722. The smallest absolute Gasteiger partial charge is 0.266 e. The second kappa shape index (κ2) is 7.68. The molecular formula is C18H21N3O2S2. The number of amides is 2. The van der Waals surface area contributed by atoms with E-state index >= 15 is 0 Å². The molecule has 2 heterocycles. The van der Waals surface area contributed by atoms with Crippen LogP contribution in [0.15, 0.2) is 29.2 Å². The molecule has 1 aromatic carbocycles. The van der Waals surface area contributed by atoms with Gasteiger partial charge in [0.05, 0.1) is 4.91 Å². The van der Waals surface area contributed by atoms with Crippen molar-refractivity contribution in [3.63, 3.8) is 0 Å². The van der Waals surface area contributed by atoms with Gasteiger partial charge in [-0.25, -0.2) is 0 Å². The molecule has 0 bridgehead atoms. The Hall–Kier alpha value is -1.70. The molecule has 2 fully saturated rings. The lowest BCUT2D eigenvalue weighted by Gasteiger charge is -2.33. The van der Waals surface area contributed by atoms with Crippen LogP contribution in [0.3, 0.4) is 0 Å². The summed E-state index contributed by atoms with van der Waals surface area (Å²) in [7, 11) is 2.04. The Balaban J connectivity index is 1.67. The molecule has 0 unspecified atom stereocenters. The van der Waals surface area contributed by atoms with Crippen molar-refractivity contribution in [2.75, 3.05) is 39.8 Å². The number of hydrogen-bond donors (Lipinski definition) is 0. The topological polar surface area (TPSA) is 43.9 Å². The molecule has 0 spiro atoms. The molecule has 25 heavy (non-hydrogen) atoms. The summed E-state index contributed by atoms with van der Waals surface area (Å²) in [6.07, 6.45) is 1.83. The van der Waals surface area contributed by atoms with E-state index in [0.717, 1.165) is 18.7 Å². The summed E-state index contributed by atoms with van der Waals surface area (Å²) < 4.78 is 0.450. The lowest BCUT2D eigenvalue weighted by molar-refractivity contribution is -0.136. The molecule has 0 aliphatic carbocycles. The van der Waals surface area contributed by atoms with E-state index in [1.807, 2.05) is 49.2 Å². The van der Waals surface area contributed by atoms with Crippen molar-refractivity contribution < 1.29 is 9.59 Å². The van der Waals surface area contributed by atoms with Gasteiger partial charge in [0.25, 0.3) is 5.91 Å². The molecule has 2 amide bonds. The van der Waals surface area contributed by atoms with Gasteiger partial charge in [0, 0.05) is 26.2 Å². The highest BCUT2D eigenvalue weighted by Gasteiger charge is 2.34. The molecular weight excluding hydrogens is 354 g/mol. The summed E-state index contributed by atoms with van der Waals surface area (Å²) in [5.74, 6) is -0.223. The highest BCUT2D eigenvalue weighted by Crippen LogP contribution is 2.32. The van der Waals surface area contributed by atoms with Crippen LogP contribution in [0, 0.1) is 6.92 Å². The summed E-state index contributed by atoms with van der Waals surface area (Å²) in [5, 5.41) is 0. The predicted molar refractivity (Wildman–Crippen MR) is 105 cm³/mol. The number of hydrogen-bond acceptors (Lipinski definition) is 5. The Morgan fingerprint density at radius 1 is 1.20 bits per heavy atom. The van der Waals surface area contributed by atoms with Crippen LogP contribution in [0.25, 0.3) is 6.08 Å². The molecule has 132 valence electrons. The number of likely N-dealkylation sites (N-methyl/N-ethyl adjacent to an activating group) is 1. The van der Waals surface area contributed by atoms with E-state index in [-0.39, 0.29) is 18.4 Å². The first kappa shape index (κ1) is 18.1. The van der Waals surface area contributed by atoms with Gasteiger partial charge < -0.3 is 9.80 Å². The number of piperazine rings is 1. The van der Waals surface area contributed by atoms with Crippen LogP contribution < -0.4 is 0 Å². The minimum absolute atomic E-state index is 0.0274. The average Bonchev–Trinajstić information content (AvgIpc) is 2.85. The molecule has 2 saturated heterocycles. The maximum absolute atomic E-state index is 12.6. The summed E-state index contributed by atoms with van der Waals surface area (Å²) >= 11 is 6.58. The molecule has 0 aromatic heterocycles. The second-order valence-corrected chi connectivity index (χ2v) is 8.04. The Morgan fingerprint density at radius 3 is 2.48 bits per heavy atom. The van der Waals surface area contributed by atoms with Crippen molar-refractivity contribution in [2.24, 2.45) is 0 Å². The van der Waals surface area contributed by atoms with Gasteiger partial charge in [0.2, 0.25) is 5.91 Å². The number of nitrogens with zero attached hydrogens (tertiary/aromatic N) is 3. The first-order valence-corrected chi connectivity index (χ1v) is 9.45. The Labute approximate surface area is 157 Å². The zero-order valence-corrected chi connectivity index (χ0v) is 16.0. The number of benzene rings is 1. The van der Waals surface area contributed by atoms with Gasteiger partial charge in [-0.2, -0.15) is 0 Å². The number of aryl methyl sites for hydroxylation is 1. The van der Waals surface area contributed by atoms with Crippen molar-refractivity contribution in [3.8, 4) is 0 Å². The molecule has 7 heteroatoms. The van der Waals surface area contributed by atoms with E-state index in [0.29, 0.717) is 22.3 Å². The fourth-order valence-corrected chi connectivity index (χ4v) is 4.00. The molecule has 1 aromatic rings. The first-order valence-electron chi connectivity index (χ1n) is 8.22. The molecule has 3 rings (SSSR count). The van der Waals surface area contributed by atoms with E-state index in [1.54, 1.807) is 0 Å². The van der Waals surface area contributed by atoms with E-state index in [9.17, 15) is 9.59 Å². The van der Waals surface area contributed by atoms with Crippen molar-refractivity contribution in [1.82, 2.24) is 14.7 Å². The summed E-state index contributed by atoms with van der Waals surface area (Å²) in [5.41, 5.74) is 2.12. The summed E-state index contributed by atoms with van der Waals surface area (Å²) in [6, 6.07) is 7.95. The van der Waals surface area contributed by atoms with Gasteiger partial charge in [-0.15, -0.1) is 0 Å². The van der Waals surface area contributed by atoms with E-state index < -0.39 is 0 Å². The van der Waals surface area contributed by atoms with Crippen molar-refractivity contribution in [1.29, 1.82) is 0 Å². The molecule has 2 aliphatic heterocycles. The van der Waals surface area contributed by atoms with E-state index in [2.05, 4.69) is 4.90 Å². The van der Waals surface area contributed by atoms with Crippen LogP contribution in [-0.2, 0) is 9.59 Å². The number of thioether (sulfide) groups is 1. The maximum atomic E-state index is 12.6. The largest absolute Gasteiger partial charge is 0.339 e. The molecule has 2 aliphatic rings. The quantitative estimate of drug-likeness (QED) is 0.597. The SMILES string of the molecule is Cc1ccc(C=C2SC(=S)N(CC(=O)N3CCN(C)CC3)C2=O)cc1. The van der Waals surface area contributed by atoms with Gasteiger partial charge in [-0.05, 0) is 25.6 Å². The third-order valence-electron chi connectivity index (χ3n) is 4.40. The highest BCUT2D eigenvalue weighted by atomic mass is 32.2. The van der Waals surface area contributed by atoms with Crippen LogP contribution in [0.5, 0.6) is 0 Å². The number of thiocarbonyl (C=S) groups is 1. The molecule has 0 N–H and O–H groups in total. The van der Waals surface area contributed by atoms with E-state index in [1.165, 1.54) is 22.2 Å². The second-order valence-electron chi connectivity index (χ2n) is 6.36. The van der Waals surface area contributed by atoms with Crippen LogP contribution in [0.2, 0.25) is 0 Å². The third kappa shape index (κ3) is 4.29. The standard InChI is InChI=1S/C18H21N3O2S2/c1-13-3-5-14(6-4-13)11-15-17(23)21(18(24)25-15)12-16(22)20-9-7-19(2)8-10-20/h3-6,11H,7-10,12H2,1-2H3. The molecule has 0 atom stereocenters. The number of carbonyl (C=O) groups is 2. The van der Waals surface area contributed by atoms with Gasteiger partial charge >= 0.3 is 0 Å². The minimum atomic E-state index is -0.182. The fraction of sp³-hybridized carbons (Fsp3) is 0.389. The van der Waals surface area contributed by atoms with Crippen molar-refractivity contribution >= 4 is 46.2 Å². The predicted octanol–water partition coefficient (Wildman–Crippen LogP) is 1.97. The lowest BCUT2D eigenvalue weighted by Crippen LogP contribution is -2.50. The van der Waals surface area contributed by atoms with E-state index in [4.69, 9.17) is 12.2 Å². The zero-order chi connectivity index (χ0) is 18.0. The Morgan fingerprint density at radius 2 is 1.84 bits per heavy atom. The molecule has 0 saturated carbocycles. The van der Waals surface area contributed by atoms with Crippen LogP contribution in [0.4, 0.5) is 0 Å². The monoisotopic (exact) mass is 375 g/mol. The fourth-order valence-electron chi connectivity index (χ4n) is 2.74. The van der Waals surface area contributed by atoms with Crippen LogP contribution >= 0.6 is 24.0 Å². The van der Waals surface area contributed by atoms with Gasteiger partial charge in [0.1, 0.15) is 10.9 Å². The normalized spacial score (nSPS) is 20.6. The van der Waals surface area contributed by atoms with Crippen LogP contribution in [-0.4, -0.2) is 70.6 Å². The van der Waals surface area contributed by atoms with Gasteiger partial charge in [0.15, 0.2) is 0 Å². The lowest BCUT2D eigenvalue weighted by atomic mass is 10.1. The summed E-state index contributed by atoms with van der Waals surface area (Å²) in [4.78, 5) is 31.1.